The Morgan fingerprint density at radius 1 is 1.58 bits per heavy atom. The van der Waals surface area contributed by atoms with Gasteiger partial charge in [-0.1, -0.05) is 23.8 Å². The van der Waals surface area contributed by atoms with Crippen molar-refractivity contribution in [2.45, 2.75) is 13.3 Å². The fourth-order valence-electron chi connectivity index (χ4n) is 0.947. The standard InChI is InChI=1S/C11H11Cl/c1-9(2)8-10-4-3-5-11(12)7-6-10/h3,5-7H,1,8H2,2H3. The molecule has 0 aromatic heterocycles. The first-order valence-electron chi connectivity index (χ1n) is 3.82. The summed E-state index contributed by atoms with van der Waals surface area (Å²) in [7, 11) is 0. The highest BCUT2D eigenvalue weighted by Gasteiger charge is 1.94. The van der Waals surface area contributed by atoms with Gasteiger partial charge in [0.2, 0.25) is 0 Å². The molecule has 0 unspecified atom stereocenters. The summed E-state index contributed by atoms with van der Waals surface area (Å²) in [6, 6.07) is 0. The normalized spacial score (nSPS) is 15.2. The van der Waals surface area contributed by atoms with Crippen LogP contribution in [0.15, 0.2) is 52.8 Å². The lowest BCUT2D eigenvalue weighted by Gasteiger charge is -1.95. The van der Waals surface area contributed by atoms with Crippen LogP contribution < -0.4 is 0 Å². The van der Waals surface area contributed by atoms with Gasteiger partial charge in [0.05, 0.1) is 0 Å². The van der Waals surface area contributed by atoms with Gasteiger partial charge in [-0.2, -0.15) is 0 Å². The molecule has 62 valence electrons. The highest BCUT2D eigenvalue weighted by atomic mass is 35.5. The van der Waals surface area contributed by atoms with E-state index in [-0.39, 0.29) is 0 Å². The third-order valence-electron chi connectivity index (χ3n) is 1.45. The van der Waals surface area contributed by atoms with E-state index in [1.54, 1.807) is 0 Å². The zero-order valence-electron chi connectivity index (χ0n) is 7.10. The summed E-state index contributed by atoms with van der Waals surface area (Å²) in [4.78, 5) is 0. The molecule has 1 aliphatic rings. The Hall–Kier alpha value is -0.970. The lowest BCUT2D eigenvalue weighted by atomic mass is 10.1. The summed E-state index contributed by atoms with van der Waals surface area (Å²) in [5.41, 5.74) is 5.38. The van der Waals surface area contributed by atoms with E-state index in [4.69, 9.17) is 11.6 Å². The van der Waals surface area contributed by atoms with Crippen LogP contribution >= 0.6 is 11.6 Å². The van der Waals surface area contributed by atoms with E-state index in [1.165, 1.54) is 0 Å². The number of allylic oxidation sites excluding steroid dienone is 6. The monoisotopic (exact) mass is 178 g/mol. The summed E-state index contributed by atoms with van der Waals surface area (Å²) < 4.78 is 0. The highest BCUT2D eigenvalue weighted by molar-refractivity contribution is 6.31. The van der Waals surface area contributed by atoms with E-state index in [0.29, 0.717) is 0 Å². The molecule has 0 aliphatic heterocycles. The molecule has 1 rings (SSSR count). The Kier molecular flexibility index (Phi) is 3.16. The molecule has 0 atom stereocenters. The van der Waals surface area contributed by atoms with Crippen molar-refractivity contribution in [3.05, 3.63) is 52.8 Å². The maximum atomic E-state index is 5.79. The minimum atomic E-state index is 0.735. The van der Waals surface area contributed by atoms with Crippen molar-refractivity contribution in [3.63, 3.8) is 0 Å². The van der Waals surface area contributed by atoms with E-state index >= 15 is 0 Å². The predicted molar refractivity (Wildman–Crippen MR) is 54.1 cm³/mol. The Morgan fingerprint density at radius 2 is 2.33 bits per heavy atom. The molecule has 0 aromatic rings. The number of hydrogen-bond acceptors (Lipinski definition) is 0. The number of hydrogen-bond donors (Lipinski definition) is 0. The Labute approximate surface area is 78.2 Å². The summed E-state index contributed by atoms with van der Waals surface area (Å²) in [5, 5.41) is 0.735. The fraction of sp³-hybridized carbons (Fsp3) is 0.182. The molecule has 0 saturated carbocycles. The molecule has 0 amide bonds. The highest BCUT2D eigenvalue weighted by Crippen LogP contribution is 2.14. The molecular weight excluding hydrogens is 168 g/mol. The van der Waals surface area contributed by atoms with Gasteiger partial charge >= 0.3 is 0 Å². The van der Waals surface area contributed by atoms with Crippen LogP contribution in [-0.4, -0.2) is 0 Å². The van der Waals surface area contributed by atoms with E-state index in [9.17, 15) is 0 Å². The summed E-state index contributed by atoms with van der Waals surface area (Å²) in [6.07, 6.45) is 8.36. The number of halogens is 1. The summed E-state index contributed by atoms with van der Waals surface area (Å²) in [5.74, 6) is 0. The molecule has 0 N–H and O–H groups in total. The fourth-order valence-corrected chi connectivity index (χ4v) is 1.07. The molecule has 0 bridgehead atoms. The van der Waals surface area contributed by atoms with Crippen molar-refractivity contribution in [2.24, 2.45) is 0 Å². The van der Waals surface area contributed by atoms with Crippen molar-refractivity contribution < 1.29 is 0 Å². The van der Waals surface area contributed by atoms with Crippen LogP contribution in [0.5, 0.6) is 0 Å². The minimum Gasteiger partial charge on any atom is -0.117 e. The average molecular weight is 179 g/mol. The van der Waals surface area contributed by atoms with Gasteiger partial charge in [-0.3, -0.25) is 0 Å². The maximum absolute atomic E-state index is 5.79. The van der Waals surface area contributed by atoms with Crippen LogP contribution in [0.1, 0.15) is 13.3 Å². The Bertz CT molecular complexity index is 310. The van der Waals surface area contributed by atoms with E-state index in [2.05, 4.69) is 12.3 Å². The van der Waals surface area contributed by atoms with Crippen LogP contribution in [0.2, 0.25) is 0 Å². The molecule has 12 heavy (non-hydrogen) atoms. The van der Waals surface area contributed by atoms with Crippen LogP contribution in [0, 0.1) is 0 Å². The van der Waals surface area contributed by atoms with E-state index < -0.39 is 0 Å². The maximum Gasteiger partial charge on any atom is 0.0412 e. The van der Waals surface area contributed by atoms with Gasteiger partial charge in [-0.05, 0) is 36.8 Å². The zero-order chi connectivity index (χ0) is 8.97. The molecule has 1 aliphatic carbocycles. The van der Waals surface area contributed by atoms with Gasteiger partial charge in [-0.15, -0.1) is 5.73 Å². The second kappa shape index (κ2) is 4.15. The lowest BCUT2D eigenvalue weighted by Crippen LogP contribution is -1.77. The van der Waals surface area contributed by atoms with E-state index in [0.717, 1.165) is 22.6 Å². The molecule has 0 spiro atoms. The average Bonchev–Trinajstić information content (AvgIpc) is 2.15. The second-order valence-corrected chi connectivity index (χ2v) is 3.29. The molecule has 0 aromatic carbocycles. The topological polar surface area (TPSA) is 0 Å². The molecule has 0 nitrogen and oxygen atoms in total. The van der Waals surface area contributed by atoms with Gasteiger partial charge in [0.15, 0.2) is 0 Å². The van der Waals surface area contributed by atoms with Crippen LogP contribution in [0.3, 0.4) is 0 Å². The van der Waals surface area contributed by atoms with Gasteiger partial charge in [0.25, 0.3) is 0 Å². The molecule has 0 radical (unpaired) electrons. The van der Waals surface area contributed by atoms with Crippen LogP contribution in [0.25, 0.3) is 0 Å². The van der Waals surface area contributed by atoms with Crippen LogP contribution in [0.4, 0.5) is 0 Å². The van der Waals surface area contributed by atoms with Crippen molar-refractivity contribution in [1.82, 2.24) is 0 Å². The van der Waals surface area contributed by atoms with Crippen molar-refractivity contribution in [1.29, 1.82) is 0 Å². The van der Waals surface area contributed by atoms with Crippen molar-refractivity contribution >= 4 is 11.6 Å². The molecule has 0 fully saturated rings. The largest absolute Gasteiger partial charge is 0.117 e. The quantitative estimate of drug-likeness (QED) is 0.447. The first-order valence-corrected chi connectivity index (χ1v) is 4.20. The molecule has 1 heteroatoms. The van der Waals surface area contributed by atoms with Crippen molar-refractivity contribution in [3.8, 4) is 0 Å². The summed E-state index contributed by atoms with van der Waals surface area (Å²) in [6.45, 7) is 5.84. The third-order valence-corrected chi connectivity index (χ3v) is 1.70. The Balaban J connectivity index is 2.77. The van der Waals surface area contributed by atoms with Gasteiger partial charge in [-0.25, -0.2) is 0 Å². The summed E-state index contributed by atoms with van der Waals surface area (Å²) >= 11 is 5.79. The van der Waals surface area contributed by atoms with Gasteiger partial charge in [0.1, 0.15) is 0 Å². The lowest BCUT2D eigenvalue weighted by molar-refractivity contribution is 1.17. The molecular formula is C11H11Cl. The third kappa shape index (κ3) is 2.96. The molecule has 0 saturated heterocycles. The molecule has 0 heterocycles. The Morgan fingerprint density at radius 3 is 3.00 bits per heavy atom. The van der Waals surface area contributed by atoms with Gasteiger partial charge in [0, 0.05) is 11.5 Å². The van der Waals surface area contributed by atoms with Gasteiger partial charge < -0.3 is 0 Å². The van der Waals surface area contributed by atoms with Crippen LogP contribution in [-0.2, 0) is 0 Å². The zero-order valence-corrected chi connectivity index (χ0v) is 7.86. The second-order valence-electron chi connectivity index (χ2n) is 2.86. The first-order chi connectivity index (χ1) is 5.68. The SMILES string of the molecule is C=C(C)CC1=C=CC=C(Cl)C=C1. The predicted octanol–water partition coefficient (Wildman–Crippen LogP) is 3.73. The number of rotatable bonds is 2. The smallest absolute Gasteiger partial charge is 0.0412 e. The van der Waals surface area contributed by atoms with E-state index in [1.807, 2.05) is 31.2 Å². The first kappa shape index (κ1) is 9.12. The minimum absolute atomic E-state index is 0.735. The van der Waals surface area contributed by atoms with Crippen molar-refractivity contribution in [2.75, 3.05) is 0 Å².